The summed E-state index contributed by atoms with van der Waals surface area (Å²) in [4.78, 5) is 0. The van der Waals surface area contributed by atoms with Gasteiger partial charge in [-0.3, -0.25) is 0 Å². The molecule has 0 saturated heterocycles. The highest BCUT2D eigenvalue weighted by atomic mass is 35.5. The molecule has 1 atom stereocenters. The minimum absolute atomic E-state index is 0.0209. The number of sulfonamides is 1. The Kier molecular flexibility index (Phi) is 5.72. The lowest BCUT2D eigenvalue weighted by molar-refractivity contribution is 0.481. The van der Waals surface area contributed by atoms with Crippen molar-refractivity contribution < 1.29 is 13.2 Å². The number of quaternary nitrogens is 1. The summed E-state index contributed by atoms with van der Waals surface area (Å²) in [5, 5.41) is 0.510. The van der Waals surface area contributed by atoms with E-state index in [-0.39, 0.29) is 16.2 Å². The summed E-state index contributed by atoms with van der Waals surface area (Å²) in [6.07, 6.45) is 5.45. The predicted molar refractivity (Wildman–Crippen MR) is 110 cm³/mol. The Morgan fingerprint density at radius 3 is 2.48 bits per heavy atom. The van der Waals surface area contributed by atoms with Crippen LogP contribution in [-0.2, 0) is 10.0 Å². The van der Waals surface area contributed by atoms with Crippen LogP contribution in [0.1, 0.15) is 6.92 Å². The van der Waals surface area contributed by atoms with Crippen LogP contribution in [0.15, 0.2) is 72.5 Å². The van der Waals surface area contributed by atoms with Crippen LogP contribution in [-0.4, -0.2) is 27.3 Å². The van der Waals surface area contributed by atoms with Gasteiger partial charge in [-0.2, -0.15) is 12.3 Å². The molecule has 0 radical (unpaired) electrons. The fraction of sp³-hybridized carbons (Fsp3) is 0.200. The highest BCUT2D eigenvalue weighted by Gasteiger charge is 2.42. The number of nitrogens with two attached hydrogens (primary N) is 1. The van der Waals surface area contributed by atoms with Crippen molar-refractivity contribution in [1.29, 1.82) is 0 Å². The Hall–Kier alpha value is -2.12. The average Bonchev–Trinajstić information content (AvgIpc) is 2.70. The Morgan fingerprint density at radius 2 is 1.85 bits per heavy atom. The van der Waals surface area contributed by atoms with E-state index in [9.17, 15) is 8.42 Å². The van der Waals surface area contributed by atoms with Crippen LogP contribution in [0.4, 0.5) is 5.69 Å². The van der Waals surface area contributed by atoms with Crippen molar-refractivity contribution in [3.8, 4) is 11.5 Å². The standard InChI is InChI=1S/C20H22ClN2O3S/c1-2-27(24,25)23(13-5-6-16(14-22)15-23)17-9-11-18(12-10-17)26-20-8-4-3-7-19(20)21/h3-12,15H,2,13-14,22H2,1H3/q+1. The quantitative estimate of drug-likeness (QED) is 0.731. The third-order valence-corrected chi connectivity index (χ3v) is 7.02. The van der Waals surface area contributed by atoms with Crippen molar-refractivity contribution >= 4 is 27.3 Å². The maximum Gasteiger partial charge on any atom is 0.306 e. The second-order valence-corrected chi connectivity index (χ2v) is 8.99. The molecule has 1 aliphatic heterocycles. The number of halogens is 1. The second-order valence-electron chi connectivity index (χ2n) is 6.19. The molecule has 0 bridgehead atoms. The van der Waals surface area contributed by atoms with Gasteiger partial charge in [-0.15, -0.1) is 0 Å². The van der Waals surface area contributed by atoms with Gasteiger partial charge in [-0.1, -0.05) is 29.8 Å². The third kappa shape index (κ3) is 3.80. The molecule has 0 spiro atoms. The second kappa shape index (κ2) is 7.86. The van der Waals surface area contributed by atoms with Gasteiger partial charge in [0.25, 0.3) is 0 Å². The molecule has 1 aliphatic rings. The first-order valence-electron chi connectivity index (χ1n) is 8.64. The SMILES string of the molecule is CCS(=O)(=O)[N+]1(c2ccc(Oc3ccccc3Cl)cc2)C=C(CN)C=CC1. The maximum absolute atomic E-state index is 13.0. The Morgan fingerprint density at radius 1 is 1.15 bits per heavy atom. The average molecular weight is 406 g/mol. The first kappa shape index (κ1) is 19.6. The first-order valence-corrected chi connectivity index (χ1v) is 10.6. The minimum Gasteiger partial charge on any atom is -0.456 e. The Bertz CT molecular complexity index is 985. The van der Waals surface area contributed by atoms with Crippen LogP contribution in [0.5, 0.6) is 11.5 Å². The minimum atomic E-state index is -3.47. The van der Waals surface area contributed by atoms with Crippen LogP contribution in [0.25, 0.3) is 0 Å². The predicted octanol–water partition coefficient (Wildman–Crippen LogP) is 4.20. The molecule has 0 fully saturated rings. The summed E-state index contributed by atoms with van der Waals surface area (Å²) in [6.45, 7) is 2.26. The molecule has 0 aliphatic carbocycles. The van der Waals surface area contributed by atoms with E-state index in [1.165, 1.54) is 0 Å². The van der Waals surface area contributed by atoms with Crippen LogP contribution in [0.3, 0.4) is 0 Å². The van der Waals surface area contributed by atoms with Crippen molar-refractivity contribution in [3.05, 3.63) is 77.5 Å². The van der Waals surface area contributed by atoms with Gasteiger partial charge in [0.1, 0.15) is 24.2 Å². The molecule has 27 heavy (non-hydrogen) atoms. The van der Waals surface area contributed by atoms with E-state index in [1.54, 1.807) is 49.5 Å². The van der Waals surface area contributed by atoms with Crippen molar-refractivity contribution in [1.82, 2.24) is 3.89 Å². The lowest BCUT2D eigenvalue weighted by Gasteiger charge is -2.34. The summed E-state index contributed by atoms with van der Waals surface area (Å²) < 4.78 is 31.4. The van der Waals surface area contributed by atoms with E-state index in [4.69, 9.17) is 22.1 Å². The number of para-hydroxylation sites is 1. The fourth-order valence-corrected chi connectivity index (χ4v) is 4.72. The number of hydrogen-bond donors (Lipinski definition) is 1. The zero-order valence-electron chi connectivity index (χ0n) is 15.0. The van der Waals surface area contributed by atoms with Crippen LogP contribution < -0.4 is 14.4 Å². The number of rotatable bonds is 6. The number of hydrogen-bond acceptors (Lipinski definition) is 4. The van der Waals surface area contributed by atoms with E-state index < -0.39 is 10.0 Å². The Balaban J connectivity index is 1.99. The molecule has 1 unspecified atom stereocenters. The molecule has 2 aromatic rings. The lowest BCUT2D eigenvalue weighted by atomic mass is 10.2. The molecular formula is C20H22ClN2O3S+. The third-order valence-electron chi connectivity index (χ3n) is 4.52. The van der Waals surface area contributed by atoms with E-state index in [2.05, 4.69) is 0 Å². The van der Waals surface area contributed by atoms with Crippen molar-refractivity contribution in [3.63, 3.8) is 0 Å². The van der Waals surface area contributed by atoms with Crippen molar-refractivity contribution in [2.75, 3.05) is 18.8 Å². The van der Waals surface area contributed by atoms with Gasteiger partial charge in [0, 0.05) is 24.3 Å². The van der Waals surface area contributed by atoms with E-state index in [0.717, 1.165) is 5.57 Å². The summed E-state index contributed by atoms with van der Waals surface area (Å²) in [6, 6.07) is 14.2. The molecular weight excluding hydrogens is 384 g/mol. The molecule has 0 aromatic heterocycles. The van der Waals surface area contributed by atoms with Gasteiger partial charge in [0.2, 0.25) is 0 Å². The molecule has 0 amide bonds. The summed E-state index contributed by atoms with van der Waals surface area (Å²) in [5.74, 6) is 1.14. The summed E-state index contributed by atoms with van der Waals surface area (Å²) in [5.41, 5.74) is 7.18. The molecule has 2 N–H and O–H groups in total. The van der Waals surface area contributed by atoms with Gasteiger partial charge in [-0.05, 0) is 37.3 Å². The molecule has 142 valence electrons. The van der Waals surface area contributed by atoms with Gasteiger partial charge in [0.05, 0.1) is 10.8 Å². The van der Waals surface area contributed by atoms with Gasteiger partial charge in [0.15, 0.2) is 5.69 Å². The zero-order valence-corrected chi connectivity index (χ0v) is 16.6. The number of nitrogens with zero attached hydrogens (tertiary/aromatic N) is 1. The van der Waals surface area contributed by atoms with Crippen molar-refractivity contribution in [2.24, 2.45) is 5.73 Å². The van der Waals surface area contributed by atoms with Crippen LogP contribution in [0, 0.1) is 0 Å². The number of ether oxygens (including phenoxy) is 1. The molecule has 7 heteroatoms. The van der Waals surface area contributed by atoms with Gasteiger partial charge < -0.3 is 10.5 Å². The molecule has 3 rings (SSSR count). The summed E-state index contributed by atoms with van der Waals surface area (Å²) in [7, 11) is -3.47. The summed E-state index contributed by atoms with van der Waals surface area (Å²) >= 11 is 6.13. The van der Waals surface area contributed by atoms with Crippen LogP contribution >= 0.6 is 11.6 Å². The largest absolute Gasteiger partial charge is 0.456 e. The van der Waals surface area contributed by atoms with Crippen LogP contribution in [0.2, 0.25) is 5.02 Å². The van der Waals surface area contributed by atoms with E-state index >= 15 is 0 Å². The number of benzene rings is 2. The maximum atomic E-state index is 13.0. The smallest absolute Gasteiger partial charge is 0.306 e. The van der Waals surface area contributed by atoms with E-state index in [0.29, 0.717) is 28.8 Å². The van der Waals surface area contributed by atoms with Gasteiger partial charge >= 0.3 is 10.0 Å². The highest BCUT2D eigenvalue weighted by Crippen LogP contribution is 2.35. The molecule has 1 heterocycles. The van der Waals surface area contributed by atoms with Gasteiger partial charge in [-0.25, -0.2) is 0 Å². The fourth-order valence-electron chi connectivity index (χ4n) is 3.03. The zero-order chi connectivity index (χ0) is 19.5. The molecule has 2 aromatic carbocycles. The molecule has 5 nitrogen and oxygen atoms in total. The lowest BCUT2D eigenvalue weighted by Crippen LogP contribution is -2.51. The van der Waals surface area contributed by atoms with Crippen molar-refractivity contribution in [2.45, 2.75) is 6.92 Å². The normalized spacial score (nSPS) is 19.6. The monoisotopic (exact) mass is 405 g/mol. The molecule has 0 saturated carbocycles. The first-order chi connectivity index (χ1) is 12.9. The topological polar surface area (TPSA) is 69.4 Å². The van der Waals surface area contributed by atoms with E-state index in [1.807, 2.05) is 24.3 Å². The highest BCUT2D eigenvalue weighted by molar-refractivity contribution is 7.91. The Labute approximate surface area is 165 Å².